The van der Waals surface area contributed by atoms with Gasteiger partial charge < -0.3 is 0 Å². The molecule has 0 unspecified atom stereocenters. The molecular weight excluding hydrogens is 286 g/mol. The highest BCUT2D eigenvalue weighted by atomic mass is 32.2. The van der Waals surface area contributed by atoms with E-state index in [1.165, 1.54) is 0 Å². The number of sulfonamides is 1. The van der Waals surface area contributed by atoms with Crippen LogP contribution in [0.2, 0.25) is 0 Å². The normalized spacial score (nSPS) is 16.4. The number of hydrogen-bond acceptors (Lipinski definition) is 3. The molecule has 0 spiro atoms. The summed E-state index contributed by atoms with van der Waals surface area (Å²) in [6.45, 7) is 0. The molecule has 1 aromatic carbocycles. The smallest absolute Gasteiger partial charge is 0.244 e. The van der Waals surface area contributed by atoms with Crippen LogP contribution in [0.1, 0.15) is 25.7 Å². The van der Waals surface area contributed by atoms with Gasteiger partial charge in [-0.15, -0.1) is 0 Å². The van der Waals surface area contributed by atoms with Gasteiger partial charge in [0.1, 0.15) is 10.6 Å². The highest BCUT2D eigenvalue weighted by molar-refractivity contribution is 7.89. The summed E-state index contributed by atoms with van der Waals surface area (Å²) in [4.78, 5) is 0.253. The van der Waals surface area contributed by atoms with Crippen LogP contribution in [-0.2, 0) is 17.1 Å². The molecule has 1 aromatic heterocycles. The average Bonchev–Trinajstić information content (AvgIpc) is 3.09. The van der Waals surface area contributed by atoms with Crippen molar-refractivity contribution in [3.63, 3.8) is 0 Å². The highest BCUT2D eigenvalue weighted by Crippen LogP contribution is 2.27. The van der Waals surface area contributed by atoms with Crippen molar-refractivity contribution in [1.82, 2.24) is 14.5 Å². The number of aromatic nitrogens is 2. The molecule has 1 fully saturated rings. The van der Waals surface area contributed by atoms with Crippen molar-refractivity contribution < 1.29 is 8.42 Å². The van der Waals surface area contributed by atoms with Gasteiger partial charge in [-0.1, -0.05) is 43.2 Å². The molecule has 3 rings (SSSR count). The second kappa shape index (κ2) is 5.61. The molecule has 1 aliphatic carbocycles. The maximum atomic E-state index is 12.6. The minimum absolute atomic E-state index is 0.0545. The first-order valence-electron chi connectivity index (χ1n) is 7.18. The number of hydrogen-bond donors (Lipinski definition) is 1. The van der Waals surface area contributed by atoms with E-state index in [-0.39, 0.29) is 10.9 Å². The Morgan fingerprint density at radius 3 is 2.52 bits per heavy atom. The summed E-state index contributed by atoms with van der Waals surface area (Å²) in [7, 11) is -1.80. The Labute approximate surface area is 125 Å². The van der Waals surface area contributed by atoms with Gasteiger partial charge in [-0.05, 0) is 12.8 Å². The molecule has 112 valence electrons. The Morgan fingerprint density at radius 2 is 1.86 bits per heavy atom. The zero-order chi connectivity index (χ0) is 14.9. The minimum Gasteiger partial charge on any atom is -0.274 e. The third kappa shape index (κ3) is 3.01. The average molecular weight is 305 g/mol. The first-order chi connectivity index (χ1) is 10.1. The third-order valence-electron chi connectivity index (χ3n) is 3.81. The van der Waals surface area contributed by atoms with Gasteiger partial charge in [0.25, 0.3) is 0 Å². The van der Waals surface area contributed by atoms with Crippen LogP contribution in [0.3, 0.4) is 0 Å². The Balaban J connectivity index is 1.98. The monoisotopic (exact) mass is 305 g/mol. The van der Waals surface area contributed by atoms with Crippen molar-refractivity contribution in [1.29, 1.82) is 0 Å². The van der Waals surface area contributed by atoms with E-state index in [1.54, 1.807) is 17.9 Å². The molecule has 0 saturated heterocycles. The summed E-state index contributed by atoms with van der Waals surface area (Å²) in [5, 5.41) is 4.32. The molecule has 0 aliphatic heterocycles. The van der Waals surface area contributed by atoms with E-state index in [4.69, 9.17) is 0 Å². The molecule has 0 amide bonds. The fourth-order valence-corrected chi connectivity index (χ4v) is 4.29. The molecule has 6 heteroatoms. The van der Waals surface area contributed by atoms with Crippen LogP contribution >= 0.6 is 0 Å². The molecular formula is C15H19N3O2S. The van der Waals surface area contributed by atoms with Crippen molar-refractivity contribution in [2.24, 2.45) is 7.05 Å². The van der Waals surface area contributed by atoms with Crippen molar-refractivity contribution >= 4 is 10.0 Å². The van der Waals surface area contributed by atoms with Crippen LogP contribution in [0.15, 0.2) is 41.4 Å². The molecule has 5 nitrogen and oxygen atoms in total. The van der Waals surface area contributed by atoms with Gasteiger partial charge >= 0.3 is 0 Å². The number of rotatable bonds is 4. The molecule has 2 aromatic rings. The fraction of sp³-hybridized carbons (Fsp3) is 0.400. The third-order valence-corrected chi connectivity index (χ3v) is 5.33. The van der Waals surface area contributed by atoms with Gasteiger partial charge in [0, 0.05) is 24.8 Å². The largest absolute Gasteiger partial charge is 0.274 e. The maximum absolute atomic E-state index is 12.6. The van der Waals surface area contributed by atoms with E-state index in [2.05, 4.69) is 9.82 Å². The van der Waals surface area contributed by atoms with E-state index in [0.717, 1.165) is 31.2 Å². The predicted molar refractivity (Wildman–Crippen MR) is 81.2 cm³/mol. The van der Waals surface area contributed by atoms with Gasteiger partial charge in [-0.3, -0.25) is 4.68 Å². The summed E-state index contributed by atoms with van der Waals surface area (Å²) >= 11 is 0. The van der Waals surface area contributed by atoms with Gasteiger partial charge in [0.15, 0.2) is 0 Å². The Hall–Kier alpha value is -1.66. The molecule has 0 bridgehead atoms. The second-order valence-electron chi connectivity index (χ2n) is 5.48. The first kappa shape index (κ1) is 14.3. The zero-order valence-corrected chi connectivity index (χ0v) is 12.8. The molecule has 0 atom stereocenters. The fourth-order valence-electron chi connectivity index (χ4n) is 2.79. The minimum atomic E-state index is -3.54. The molecule has 1 saturated carbocycles. The Bertz CT molecular complexity index is 717. The highest BCUT2D eigenvalue weighted by Gasteiger charge is 2.27. The summed E-state index contributed by atoms with van der Waals surface area (Å²) in [5.41, 5.74) is 1.31. The molecule has 21 heavy (non-hydrogen) atoms. The Kier molecular flexibility index (Phi) is 3.82. The van der Waals surface area contributed by atoms with Gasteiger partial charge in [0.05, 0.1) is 0 Å². The summed E-state index contributed by atoms with van der Waals surface area (Å²) < 4.78 is 29.6. The van der Waals surface area contributed by atoms with Crippen molar-refractivity contribution in [2.75, 3.05) is 0 Å². The van der Waals surface area contributed by atoms with Crippen LogP contribution in [0.25, 0.3) is 11.3 Å². The topological polar surface area (TPSA) is 64.0 Å². The number of benzene rings is 1. The lowest BCUT2D eigenvalue weighted by molar-refractivity contribution is 0.552. The van der Waals surface area contributed by atoms with Crippen LogP contribution in [-0.4, -0.2) is 24.2 Å². The van der Waals surface area contributed by atoms with Crippen LogP contribution in [0.4, 0.5) is 0 Å². The number of nitrogens with one attached hydrogen (secondary N) is 1. The summed E-state index contributed by atoms with van der Waals surface area (Å²) in [6, 6.07) is 9.46. The standard InChI is InChI=1S/C15H19N3O2S/c1-18-11-14(15(16-18)12-7-3-2-4-8-12)21(19,20)17-13-9-5-6-10-13/h2-4,7-8,11,13,17H,5-6,9-10H2,1H3. The van der Waals surface area contributed by atoms with Gasteiger partial charge in [-0.2, -0.15) is 5.10 Å². The van der Waals surface area contributed by atoms with E-state index >= 15 is 0 Å². The predicted octanol–water partition coefficient (Wildman–Crippen LogP) is 2.31. The van der Waals surface area contributed by atoms with Gasteiger partial charge in [-0.25, -0.2) is 13.1 Å². The first-order valence-corrected chi connectivity index (χ1v) is 8.66. The maximum Gasteiger partial charge on any atom is 0.244 e. The number of nitrogens with zero attached hydrogens (tertiary/aromatic N) is 2. The molecule has 1 N–H and O–H groups in total. The molecule has 1 aliphatic rings. The quantitative estimate of drug-likeness (QED) is 0.942. The lowest BCUT2D eigenvalue weighted by Crippen LogP contribution is -2.32. The Morgan fingerprint density at radius 1 is 1.19 bits per heavy atom. The SMILES string of the molecule is Cn1cc(S(=O)(=O)NC2CCCC2)c(-c2ccccc2)n1. The summed E-state index contributed by atoms with van der Waals surface area (Å²) in [6.07, 6.45) is 5.58. The second-order valence-corrected chi connectivity index (χ2v) is 7.17. The molecule has 1 heterocycles. The molecule has 0 radical (unpaired) electrons. The zero-order valence-electron chi connectivity index (χ0n) is 12.0. The van der Waals surface area contributed by atoms with Crippen LogP contribution in [0.5, 0.6) is 0 Å². The summed E-state index contributed by atoms with van der Waals surface area (Å²) in [5.74, 6) is 0. The van der Waals surface area contributed by atoms with E-state index in [0.29, 0.717) is 5.69 Å². The van der Waals surface area contributed by atoms with E-state index < -0.39 is 10.0 Å². The van der Waals surface area contributed by atoms with E-state index in [1.807, 2.05) is 30.3 Å². The van der Waals surface area contributed by atoms with E-state index in [9.17, 15) is 8.42 Å². The van der Waals surface area contributed by atoms with Gasteiger partial charge in [0.2, 0.25) is 10.0 Å². The number of aryl methyl sites for hydroxylation is 1. The van der Waals surface area contributed by atoms with Crippen molar-refractivity contribution in [2.45, 2.75) is 36.6 Å². The van der Waals surface area contributed by atoms with Crippen LogP contribution < -0.4 is 4.72 Å². The lowest BCUT2D eigenvalue weighted by Gasteiger charge is -2.12. The van der Waals surface area contributed by atoms with Crippen molar-refractivity contribution in [3.05, 3.63) is 36.5 Å². The van der Waals surface area contributed by atoms with Crippen molar-refractivity contribution in [3.8, 4) is 11.3 Å². The van der Waals surface area contributed by atoms with Crippen LogP contribution in [0, 0.1) is 0 Å². The lowest BCUT2D eigenvalue weighted by atomic mass is 10.2.